The fraction of sp³-hybridized carbons (Fsp3) is 0.250. The normalized spacial score (nSPS) is 17.5. The molecule has 0 aliphatic heterocycles. The number of nitrogens with one attached hydrogen (secondary N) is 1. The van der Waals surface area contributed by atoms with Crippen LogP contribution in [0.5, 0.6) is 0 Å². The molecule has 0 bridgehead atoms. The molecule has 0 amide bonds. The number of carbonyl (C=O) groups is 1. The summed E-state index contributed by atoms with van der Waals surface area (Å²) >= 11 is 0. The number of carboxylic acids is 1. The van der Waals surface area contributed by atoms with Crippen LogP contribution in [0.15, 0.2) is 23.8 Å². The average molecular weight is 151 g/mol. The summed E-state index contributed by atoms with van der Waals surface area (Å²) in [5.41, 5.74) is 0.768. The van der Waals surface area contributed by atoms with Gasteiger partial charge in [0.25, 0.3) is 0 Å². The Labute approximate surface area is 64.5 Å². The summed E-state index contributed by atoms with van der Waals surface area (Å²) in [6.07, 6.45) is 5.92. The minimum atomic E-state index is -0.920. The van der Waals surface area contributed by atoms with Gasteiger partial charge in [-0.2, -0.15) is 0 Å². The van der Waals surface area contributed by atoms with E-state index in [2.05, 4.69) is 0 Å². The number of hydrogen-bond donors (Lipinski definition) is 2. The fourth-order valence-electron chi connectivity index (χ4n) is 0.884. The van der Waals surface area contributed by atoms with Gasteiger partial charge < -0.3 is 10.5 Å². The Morgan fingerprint density at radius 1 is 1.55 bits per heavy atom. The summed E-state index contributed by atoms with van der Waals surface area (Å²) in [6.45, 7) is 0. The third-order valence-corrected chi connectivity index (χ3v) is 1.49. The first kappa shape index (κ1) is 7.72. The molecule has 0 fully saturated rings. The van der Waals surface area contributed by atoms with Crippen LogP contribution in [0, 0.1) is 5.41 Å². The van der Waals surface area contributed by atoms with Crippen molar-refractivity contribution in [1.29, 1.82) is 5.41 Å². The van der Waals surface area contributed by atoms with Crippen molar-refractivity contribution in [3.8, 4) is 0 Å². The van der Waals surface area contributed by atoms with Crippen molar-refractivity contribution in [2.75, 3.05) is 0 Å². The van der Waals surface area contributed by atoms with E-state index < -0.39 is 5.97 Å². The molecule has 0 spiro atoms. The highest BCUT2D eigenvalue weighted by Gasteiger charge is 2.05. The lowest BCUT2D eigenvalue weighted by Gasteiger charge is -1.89. The van der Waals surface area contributed by atoms with Crippen LogP contribution in [-0.2, 0) is 4.79 Å². The van der Waals surface area contributed by atoms with E-state index in [1.165, 1.54) is 12.2 Å². The van der Waals surface area contributed by atoms with Crippen LogP contribution in [0.2, 0.25) is 0 Å². The Morgan fingerprint density at radius 2 is 2.27 bits per heavy atom. The van der Waals surface area contributed by atoms with Gasteiger partial charge in [0.2, 0.25) is 0 Å². The molecule has 3 heteroatoms. The molecular weight excluding hydrogens is 142 g/mol. The molecule has 58 valence electrons. The van der Waals surface area contributed by atoms with Crippen molar-refractivity contribution in [2.45, 2.75) is 12.8 Å². The van der Waals surface area contributed by atoms with Crippen molar-refractivity contribution >= 4 is 11.7 Å². The summed E-state index contributed by atoms with van der Waals surface area (Å²) in [6, 6.07) is 0. The lowest BCUT2D eigenvalue weighted by Crippen LogP contribution is -1.96. The van der Waals surface area contributed by atoms with Gasteiger partial charge in [0.05, 0.1) is 5.57 Å². The molecular formula is C8H9NO2. The van der Waals surface area contributed by atoms with Gasteiger partial charge in [0, 0.05) is 5.71 Å². The molecule has 0 saturated carbocycles. The molecule has 0 radical (unpaired) electrons. The Balaban J connectivity index is 2.80. The highest BCUT2D eigenvalue weighted by Crippen LogP contribution is 2.07. The highest BCUT2D eigenvalue weighted by atomic mass is 16.4. The van der Waals surface area contributed by atoms with Crippen LogP contribution in [0.4, 0.5) is 0 Å². The summed E-state index contributed by atoms with van der Waals surface area (Å²) < 4.78 is 0. The molecule has 0 aromatic carbocycles. The smallest absolute Gasteiger partial charge is 0.335 e. The van der Waals surface area contributed by atoms with E-state index in [1.807, 2.05) is 0 Å². The first-order valence-corrected chi connectivity index (χ1v) is 3.39. The van der Waals surface area contributed by atoms with E-state index in [0.29, 0.717) is 18.6 Å². The Hall–Kier alpha value is -1.38. The molecule has 0 atom stereocenters. The number of carboxylic acid groups (broad SMARTS) is 1. The maximum absolute atomic E-state index is 10.4. The maximum atomic E-state index is 10.4. The van der Waals surface area contributed by atoms with Gasteiger partial charge in [-0.05, 0) is 25.0 Å². The molecule has 2 N–H and O–H groups in total. The molecule has 1 aliphatic carbocycles. The fourth-order valence-corrected chi connectivity index (χ4v) is 0.884. The lowest BCUT2D eigenvalue weighted by atomic mass is 10.2. The summed E-state index contributed by atoms with van der Waals surface area (Å²) in [5.74, 6) is -0.920. The Kier molecular flexibility index (Phi) is 2.21. The highest BCUT2D eigenvalue weighted by molar-refractivity contribution is 5.97. The van der Waals surface area contributed by atoms with Crippen LogP contribution in [-0.4, -0.2) is 16.8 Å². The van der Waals surface area contributed by atoms with Gasteiger partial charge in [-0.1, -0.05) is 6.08 Å². The predicted octanol–water partition coefficient (Wildman–Crippen LogP) is 1.37. The van der Waals surface area contributed by atoms with Crippen molar-refractivity contribution in [3.63, 3.8) is 0 Å². The Morgan fingerprint density at radius 3 is 2.91 bits per heavy atom. The standard InChI is InChI=1S/C8H9NO2/c9-7-3-1-2-6(4-5-7)8(10)11/h2,4-5,9H,1,3H2,(H,10,11). The third kappa shape index (κ3) is 2.04. The van der Waals surface area contributed by atoms with Gasteiger partial charge in [-0.25, -0.2) is 4.79 Å². The summed E-state index contributed by atoms with van der Waals surface area (Å²) in [5, 5.41) is 15.8. The van der Waals surface area contributed by atoms with E-state index in [0.717, 1.165) is 0 Å². The number of allylic oxidation sites excluding steroid dienone is 2. The zero-order valence-corrected chi connectivity index (χ0v) is 6.00. The summed E-state index contributed by atoms with van der Waals surface area (Å²) in [4.78, 5) is 10.4. The summed E-state index contributed by atoms with van der Waals surface area (Å²) in [7, 11) is 0. The lowest BCUT2D eigenvalue weighted by molar-refractivity contribution is -0.132. The number of aliphatic carboxylic acids is 1. The quantitative estimate of drug-likeness (QED) is 0.594. The van der Waals surface area contributed by atoms with Crippen molar-refractivity contribution in [3.05, 3.63) is 23.8 Å². The van der Waals surface area contributed by atoms with Gasteiger partial charge in [-0.3, -0.25) is 0 Å². The predicted molar refractivity (Wildman–Crippen MR) is 41.8 cm³/mol. The molecule has 0 saturated heterocycles. The van der Waals surface area contributed by atoms with Gasteiger partial charge >= 0.3 is 5.97 Å². The SMILES string of the molecule is N=C1C=CC(C(=O)O)=CCC1. The van der Waals surface area contributed by atoms with E-state index in [9.17, 15) is 4.79 Å². The second-order valence-electron chi connectivity index (χ2n) is 2.36. The van der Waals surface area contributed by atoms with Crippen LogP contribution in [0.3, 0.4) is 0 Å². The van der Waals surface area contributed by atoms with Crippen LogP contribution in [0.1, 0.15) is 12.8 Å². The van der Waals surface area contributed by atoms with E-state index in [4.69, 9.17) is 10.5 Å². The molecule has 0 unspecified atom stereocenters. The Bertz CT molecular complexity index is 251. The number of rotatable bonds is 1. The molecule has 1 aliphatic rings. The van der Waals surface area contributed by atoms with Gasteiger partial charge in [0.15, 0.2) is 0 Å². The van der Waals surface area contributed by atoms with Crippen LogP contribution in [0.25, 0.3) is 0 Å². The van der Waals surface area contributed by atoms with E-state index in [1.54, 1.807) is 6.08 Å². The number of hydrogen-bond acceptors (Lipinski definition) is 2. The van der Waals surface area contributed by atoms with E-state index in [-0.39, 0.29) is 5.57 Å². The van der Waals surface area contributed by atoms with Crippen LogP contribution < -0.4 is 0 Å². The minimum Gasteiger partial charge on any atom is -0.478 e. The first-order chi connectivity index (χ1) is 5.20. The van der Waals surface area contributed by atoms with Gasteiger partial charge in [0.1, 0.15) is 0 Å². The topological polar surface area (TPSA) is 61.2 Å². The second-order valence-corrected chi connectivity index (χ2v) is 2.36. The maximum Gasteiger partial charge on any atom is 0.335 e. The van der Waals surface area contributed by atoms with Gasteiger partial charge in [-0.15, -0.1) is 0 Å². The molecule has 0 heterocycles. The van der Waals surface area contributed by atoms with Crippen molar-refractivity contribution < 1.29 is 9.90 Å². The molecule has 0 aromatic heterocycles. The molecule has 1 rings (SSSR count). The average Bonchev–Trinajstić information content (AvgIpc) is 2.13. The first-order valence-electron chi connectivity index (χ1n) is 3.39. The van der Waals surface area contributed by atoms with Crippen molar-refractivity contribution in [1.82, 2.24) is 0 Å². The zero-order valence-electron chi connectivity index (χ0n) is 6.00. The monoisotopic (exact) mass is 151 g/mol. The third-order valence-electron chi connectivity index (χ3n) is 1.49. The van der Waals surface area contributed by atoms with Crippen LogP contribution >= 0.6 is 0 Å². The molecule has 3 nitrogen and oxygen atoms in total. The van der Waals surface area contributed by atoms with E-state index >= 15 is 0 Å². The van der Waals surface area contributed by atoms with Crippen molar-refractivity contribution in [2.24, 2.45) is 0 Å². The largest absolute Gasteiger partial charge is 0.478 e. The molecule has 11 heavy (non-hydrogen) atoms. The second kappa shape index (κ2) is 3.14. The zero-order chi connectivity index (χ0) is 8.27. The minimum absolute atomic E-state index is 0.284. The molecule has 0 aromatic rings.